The molecule has 2 aromatic rings. The predicted octanol–water partition coefficient (Wildman–Crippen LogP) is 0.911. The van der Waals surface area contributed by atoms with Crippen molar-refractivity contribution in [3.8, 4) is 0 Å². The number of hydrogen-bond donors (Lipinski definition) is 2. The second-order valence-electron chi connectivity index (χ2n) is 7.94. The van der Waals surface area contributed by atoms with Crippen molar-refractivity contribution in [3.63, 3.8) is 0 Å². The van der Waals surface area contributed by atoms with Crippen LogP contribution in [-0.4, -0.2) is 56.2 Å². The third kappa shape index (κ3) is 6.00. The molecule has 0 bridgehead atoms. The lowest BCUT2D eigenvalue weighted by Gasteiger charge is -2.33. The monoisotopic (exact) mass is 408 g/mol. The predicted molar refractivity (Wildman–Crippen MR) is 117 cm³/mol. The third-order valence-corrected chi connectivity index (χ3v) is 5.63. The lowest BCUT2D eigenvalue weighted by molar-refractivity contribution is -0.892. The molecule has 0 radical (unpaired) electrons. The lowest BCUT2D eigenvalue weighted by Crippen LogP contribution is -3.16. The Balaban J connectivity index is 1.48. The van der Waals surface area contributed by atoms with Gasteiger partial charge in [0.15, 0.2) is 18.1 Å². The standard InChI is InChI=1S/C24H29N3O3/c1-18(28)21-8-10-22(11-9-21)27-14-12-26(13-15-27)17-24(30)25-23(19(2)29)16-20-6-4-3-5-7-20/h3-11,23H,12-17H2,1-2H3,(H,25,30)/p+1/t23-/m1/s1. The van der Waals surface area contributed by atoms with Crippen LogP contribution in [0.4, 0.5) is 5.69 Å². The zero-order valence-electron chi connectivity index (χ0n) is 17.7. The number of Topliss-reactive ketones (excluding diaryl/α,β-unsaturated/α-hetero) is 2. The average molecular weight is 409 g/mol. The SMILES string of the molecule is CC(=O)c1ccc(N2CC[NH+](CC(=O)N[C@H](Cc3ccccc3)C(C)=O)CC2)cc1. The number of benzene rings is 2. The number of quaternary nitrogens is 1. The van der Waals surface area contributed by atoms with Crippen LogP contribution in [0.15, 0.2) is 54.6 Å². The van der Waals surface area contributed by atoms with Crippen LogP contribution in [0.5, 0.6) is 0 Å². The molecule has 3 rings (SSSR count). The van der Waals surface area contributed by atoms with Crippen molar-refractivity contribution in [2.24, 2.45) is 0 Å². The van der Waals surface area contributed by atoms with Gasteiger partial charge in [-0.05, 0) is 50.1 Å². The van der Waals surface area contributed by atoms with Gasteiger partial charge in [-0.25, -0.2) is 0 Å². The average Bonchev–Trinajstić information content (AvgIpc) is 2.74. The summed E-state index contributed by atoms with van der Waals surface area (Å²) in [6, 6.07) is 16.9. The fourth-order valence-electron chi connectivity index (χ4n) is 3.78. The molecular formula is C24H30N3O3+. The van der Waals surface area contributed by atoms with Crippen molar-refractivity contribution in [2.45, 2.75) is 26.3 Å². The number of carbonyl (C=O) groups is 3. The summed E-state index contributed by atoms with van der Waals surface area (Å²) >= 11 is 0. The number of hydrogen-bond acceptors (Lipinski definition) is 4. The van der Waals surface area contributed by atoms with Crippen LogP contribution in [0.25, 0.3) is 0 Å². The Hall–Kier alpha value is -2.99. The first kappa shape index (κ1) is 21.7. The van der Waals surface area contributed by atoms with Gasteiger partial charge in [0.05, 0.1) is 32.2 Å². The summed E-state index contributed by atoms with van der Waals surface area (Å²) in [5, 5.41) is 2.92. The van der Waals surface area contributed by atoms with Gasteiger partial charge in [-0.2, -0.15) is 0 Å². The summed E-state index contributed by atoms with van der Waals surface area (Å²) in [6.07, 6.45) is 0.515. The van der Waals surface area contributed by atoms with Crippen LogP contribution in [0.1, 0.15) is 29.8 Å². The van der Waals surface area contributed by atoms with Gasteiger partial charge in [-0.3, -0.25) is 14.4 Å². The van der Waals surface area contributed by atoms with Gasteiger partial charge in [0, 0.05) is 11.3 Å². The highest BCUT2D eigenvalue weighted by molar-refractivity contribution is 5.94. The van der Waals surface area contributed by atoms with E-state index in [2.05, 4.69) is 10.2 Å². The molecule has 6 nitrogen and oxygen atoms in total. The van der Waals surface area contributed by atoms with Gasteiger partial charge >= 0.3 is 0 Å². The molecule has 158 valence electrons. The van der Waals surface area contributed by atoms with E-state index in [1.165, 1.54) is 11.8 Å². The molecule has 1 atom stereocenters. The smallest absolute Gasteiger partial charge is 0.275 e. The van der Waals surface area contributed by atoms with E-state index in [9.17, 15) is 14.4 Å². The van der Waals surface area contributed by atoms with Crippen molar-refractivity contribution in [1.82, 2.24) is 5.32 Å². The van der Waals surface area contributed by atoms with Crippen molar-refractivity contribution < 1.29 is 19.3 Å². The molecule has 30 heavy (non-hydrogen) atoms. The molecule has 0 saturated carbocycles. The van der Waals surface area contributed by atoms with Crippen LogP contribution in [-0.2, 0) is 16.0 Å². The Bertz CT molecular complexity index is 872. The van der Waals surface area contributed by atoms with E-state index in [4.69, 9.17) is 0 Å². The molecule has 1 heterocycles. The zero-order chi connectivity index (χ0) is 21.5. The molecule has 2 aromatic carbocycles. The number of ketones is 2. The molecule has 1 amide bonds. The molecule has 1 fully saturated rings. The zero-order valence-corrected chi connectivity index (χ0v) is 17.7. The van der Waals surface area contributed by atoms with Gasteiger partial charge < -0.3 is 15.1 Å². The second kappa shape index (κ2) is 10.2. The van der Waals surface area contributed by atoms with E-state index < -0.39 is 6.04 Å². The normalized spacial score (nSPS) is 15.5. The maximum atomic E-state index is 12.5. The molecule has 2 N–H and O–H groups in total. The number of nitrogens with zero attached hydrogens (tertiary/aromatic N) is 1. The summed E-state index contributed by atoms with van der Waals surface area (Å²) in [4.78, 5) is 39.4. The maximum absolute atomic E-state index is 12.5. The van der Waals surface area contributed by atoms with Crippen molar-refractivity contribution in [2.75, 3.05) is 37.6 Å². The van der Waals surface area contributed by atoms with Crippen LogP contribution in [0.3, 0.4) is 0 Å². The minimum Gasteiger partial charge on any atom is -0.360 e. The Morgan fingerprint density at radius 2 is 1.60 bits per heavy atom. The van der Waals surface area contributed by atoms with E-state index in [0.717, 1.165) is 43.0 Å². The van der Waals surface area contributed by atoms with Gasteiger partial charge in [0.25, 0.3) is 5.91 Å². The van der Waals surface area contributed by atoms with Gasteiger partial charge in [0.2, 0.25) is 0 Å². The molecule has 1 aliphatic heterocycles. The number of amides is 1. The number of rotatable bonds is 8. The quantitative estimate of drug-likeness (QED) is 0.637. The van der Waals surface area contributed by atoms with Crippen LogP contribution in [0.2, 0.25) is 0 Å². The molecule has 0 unspecified atom stereocenters. The van der Waals surface area contributed by atoms with Gasteiger partial charge in [0.1, 0.15) is 0 Å². The highest BCUT2D eigenvalue weighted by Crippen LogP contribution is 2.15. The molecule has 1 saturated heterocycles. The summed E-state index contributed by atoms with van der Waals surface area (Å²) < 4.78 is 0. The van der Waals surface area contributed by atoms with E-state index in [-0.39, 0.29) is 17.5 Å². The number of carbonyl (C=O) groups excluding carboxylic acids is 3. The first-order valence-corrected chi connectivity index (χ1v) is 10.5. The Labute approximate surface area is 177 Å². The molecule has 6 heteroatoms. The fraction of sp³-hybridized carbons (Fsp3) is 0.375. The number of nitrogens with one attached hydrogen (secondary N) is 2. The van der Waals surface area contributed by atoms with E-state index >= 15 is 0 Å². The van der Waals surface area contributed by atoms with E-state index in [1.807, 2.05) is 54.6 Å². The minimum atomic E-state index is -0.486. The van der Waals surface area contributed by atoms with Crippen LogP contribution in [0, 0.1) is 0 Å². The Morgan fingerprint density at radius 1 is 0.967 bits per heavy atom. The summed E-state index contributed by atoms with van der Waals surface area (Å²) in [5.41, 5.74) is 2.85. The lowest BCUT2D eigenvalue weighted by atomic mass is 10.0. The topological polar surface area (TPSA) is 70.9 Å². The number of piperazine rings is 1. The maximum Gasteiger partial charge on any atom is 0.275 e. The largest absolute Gasteiger partial charge is 0.360 e. The van der Waals surface area contributed by atoms with Crippen molar-refractivity contribution >= 4 is 23.2 Å². The molecule has 0 aromatic heterocycles. The molecular weight excluding hydrogens is 378 g/mol. The van der Waals surface area contributed by atoms with Gasteiger partial charge in [-0.15, -0.1) is 0 Å². The van der Waals surface area contributed by atoms with Crippen molar-refractivity contribution in [3.05, 3.63) is 65.7 Å². The highest BCUT2D eigenvalue weighted by atomic mass is 16.2. The Morgan fingerprint density at radius 3 is 2.17 bits per heavy atom. The third-order valence-electron chi connectivity index (χ3n) is 5.63. The highest BCUT2D eigenvalue weighted by Gasteiger charge is 2.24. The van der Waals surface area contributed by atoms with Crippen LogP contribution >= 0.6 is 0 Å². The van der Waals surface area contributed by atoms with Crippen LogP contribution < -0.4 is 15.1 Å². The van der Waals surface area contributed by atoms with E-state index in [0.29, 0.717) is 13.0 Å². The number of anilines is 1. The van der Waals surface area contributed by atoms with E-state index in [1.54, 1.807) is 6.92 Å². The molecule has 0 aliphatic carbocycles. The second-order valence-corrected chi connectivity index (χ2v) is 7.94. The summed E-state index contributed by atoms with van der Waals surface area (Å²) in [5.74, 6) is -0.0422. The fourth-order valence-corrected chi connectivity index (χ4v) is 3.78. The summed E-state index contributed by atoms with van der Waals surface area (Å²) in [6.45, 7) is 6.87. The minimum absolute atomic E-state index is 0.0268. The first-order valence-electron chi connectivity index (χ1n) is 10.5. The first-order chi connectivity index (χ1) is 14.4. The molecule has 0 spiro atoms. The Kier molecular flexibility index (Phi) is 7.36. The molecule has 1 aliphatic rings. The van der Waals surface area contributed by atoms with Gasteiger partial charge in [-0.1, -0.05) is 30.3 Å². The van der Waals surface area contributed by atoms with Crippen molar-refractivity contribution in [1.29, 1.82) is 0 Å². The summed E-state index contributed by atoms with van der Waals surface area (Å²) in [7, 11) is 0.